The van der Waals surface area contributed by atoms with Crippen molar-refractivity contribution in [2.75, 3.05) is 0 Å². The van der Waals surface area contributed by atoms with Gasteiger partial charge in [0.05, 0.1) is 0 Å². The number of benzene rings is 3. The molecule has 0 fully saturated rings. The fraction of sp³-hybridized carbons (Fsp3) is 0. The standard InChI is InChI=1S/C30H16N9.Co/c31-14-13-16-15-23-32-24(16)34-26-19-9-3-4-10-20(19)28(36-26)38-30-22-12-6-5-11-21(22)29(39-30)37-27-18-8-2-1-7-17(18)25(33-23)35-27;/h1-14H,(H2,32,33,34,35,36,37,38,39);/q-1;/b14-13-;. The molecule has 0 spiro atoms. The van der Waals surface area contributed by atoms with Crippen molar-refractivity contribution in [2.45, 2.75) is 0 Å². The summed E-state index contributed by atoms with van der Waals surface area (Å²) in [5, 5.41) is 1.87. The van der Waals surface area contributed by atoms with Gasteiger partial charge in [-0.3, -0.25) is 0 Å². The third-order valence-electron chi connectivity index (χ3n) is 6.82. The van der Waals surface area contributed by atoms with Crippen LogP contribution in [0.4, 0.5) is 0 Å². The van der Waals surface area contributed by atoms with Crippen molar-refractivity contribution in [3.63, 3.8) is 0 Å². The Morgan fingerprint density at radius 3 is 1.57 bits per heavy atom. The van der Waals surface area contributed by atoms with Gasteiger partial charge in [0.2, 0.25) is 0 Å². The van der Waals surface area contributed by atoms with Crippen LogP contribution in [-0.2, 0) is 15.5 Å². The van der Waals surface area contributed by atoms with E-state index in [1.54, 1.807) is 12.3 Å². The fourth-order valence-corrected chi connectivity index (χ4v) is 5.11. The van der Waals surface area contributed by atoms with Gasteiger partial charge in [-0.2, -0.15) is 0 Å². The van der Waals surface area contributed by atoms with Crippen molar-refractivity contribution < 1.29 is 15.5 Å². The number of aromatic amines is 2. The van der Waals surface area contributed by atoms with Crippen LogP contribution in [0, 0.1) is 6.07 Å². The first-order chi connectivity index (χ1) is 19.7. The summed E-state index contributed by atoms with van der Waals surface area (Å²) in [4.78, 5) is 36.0. The Morgan fingerprint density at radius 2 is 1.05 bits per heavy atom. The molecule has 0 amide bonds. The molecule has 0 aliphatic carbocycles. The molecule has 2 aliphatic rings. The Kier molecular flexibility index (Phi) is 5.09. The first kappa shape index (κ1) is 22.8. The van der Waals surface area contributed by atoms with Crippen LogP contribution >= 0.6 is 0 Å². The Morgan fingerprint density at radius 1 is 0.575 bits per heavy atom. The maximum absolute atomic E-state index is 4.98. The number of hydrogen-bond donors (Lipinski definition) is 2. The second-order valence-electron chi connectivity index (χ2n) is 9.19. The van der Waals surface area contributed by atoms with Crippen molar-refractivity contribution in [3.05, 3.63) is 90.6 Å². The molecule has 0 radical (unpaired) electrons. The Labute approximate surface area is 234 Å². The van der Waals surface area contributed by atoms with Crippen molar-refractivity contribution in [3.8, 4) is 45.6 Å². The summed E-state index contributed by atoms with van der Waals surface area (Å²) in [5.41, 5.74) is 6.50. The average Bonchev–Trinajstić information content (AvgIpc) is 3.72. The summed E-state index contributed by atoms with van der Waals surface area (Å²) in [6.07, 6.45) is 3.32. The van der Waals surface area contributed by atoms with Gasteiger partial charge in [0, 0.05) is 5.39 Å². The molecule has 40 heavy (non-hydrogen) atoms. The van der Waals surface area contributed by atoms with E-state index < -0.39 is 0 Å². The number of H-pyrrole nitrogens is 2. The molecule has 2 aliphatic heterocycles. The zero-order chi connectivity index (χ0) is 26.6. The van der Waals surface area contributed by atoms with Crippen molar-refractivity contribution in [1.29, 1.82) is 0 Å². The van der Waals surface area contributed by atoms with E-state index in [0.29, 0.717) is 51.4 Å². The van der Waals surface area contributed by atoms with Gasteiger partial charge in [0.1, 0.15) is 0 Å². The first-order valence-electron chi connectivity index (χ1n) is 12.4. The van der Waals surface area contributed by atoms with E-state index in [2.05, 4.69) is 35.6 Å². The molecule has 0 unspecified atom stereocenters. The zero-order valence-electron chi connectivity index (χ0n) is 20.5. The summed E-state index contributed by atoms with van der Waals surface area (Å²) in [5.74, 6) is 2.17. The van der Waals surface area contributed by atoms with Crippen LogP contribution in [0.3, 0.4) is 0 Å². The topological polar surface area (TPSA) is 121 Å². The Bertz CT molecular complexity index is 2210. The number of hydrogen-bond acceptors (Lipinski definition) is 7. The summed E-state index contributed by atoms with van der Waals surface area (Å²) in [7, 11) is 0. The molecule has 0 saturated heterocycles. The van der Waals surface area contributed by atoms with Crippen LogP contribution in [-0.4, -0.2) is 39.9 Å². The zero-order valence-corrected chi connectivity index (χ0v) is 21.6. The van der Waals surface area contributed by atoms with E-state index in [-0.39, 0.29) is 0 Å². The fourth-order valence-electron chi connectivity index (χ4n) is 5.03. The molecule has 9 nitrogen and oxygen atoms in total. The third kappa shape index (κ3) is 3.62. The normalized spacial score (nSPS) is 12.0. The van der Waals surface area contributed by atoms with Crippen LogP contribution in [0.25, 0.3) is 85.0 Å². The van der Waals surface area contributed by atoms with E-state index in [1.807, 2.05) is 72.8 Å². The van der Waals surface area contributed by atoms with Crippen molar-refractivity contribution in [2.24, 2.45) is 4.00 Å². The number of nitrogens with one attached hydrogen (secondary N) is 2. The van der Waals surface area contributed by atoms with Gasteiger partial charge < -0.3 is 0 Å². The molecule has 0 atom stereocenters. The van der Waals surface area contributed by atoms with Crippen LogP contribution in [0.5, 0.6) is 0 Å². The van der Waals surface area contributed by atoms with Crippen LogP contribution in [0.2, 0.25) is 0 Å². The Hall–Kier alpha value is -5.19. The predicted molar refractivity (Wildman–Crippen MR) is 149 cm³/mol. The van der Waals surface area contributed by atoms with Gasteiger partial charge in [0.15, 0.2) is 0 Å². The first-order valence-corrected chi connectivity index (χ1v) is 12.9. The quantitative estimate of drug-likeness (QED) is 0.242. The van der Waals surface area contributed by atoms with Crippen molar-refractivity contribution in [1.82, 2.24) is 39.9 Å². The Balaban J connectivity index is 1.56. The molecule has 5 heterocycles. The van der Waals surface area contributed by atoms with E-state index in [0.717, 1.165) is 33.0 Å². The van der Waals surface area contributed by atoms with Gasteiger partial charge in [-0.1, -0.05) is 24.3 Å². The van der Waals surface area contributed by atoms with Gasteiger partial charge in [-0.25, -0.2) is 0 Å². The summed E-state index contributed by atoms with van der Waals surface area (Å²) >= 11 is 4.00. The monoisotopic (exact) mass is 561 g/mol. The van der Waals surface area contributed by atoms with Crippen molar-refractivity contribution >= 4 is 39.4 Å². The number of rotatable bonds is 2. The molecule has 3 aromatic carbocycles. The minimum absolute atomic E-state index is 0.465. The second-order valence-corrected chi connectivity index (χ2v) is 9.46. The van der Waals surface area contributed by atoms with Crippen LogP contribution in [0.15, 0.2) is 83.0 Å². The molecule has 191 valence electrons. The maximum atomic E-state index is 4.98. The van der Waals surface area contributed by atoms with E-state index in [4.69, 9.17) is 29.9 Å². The van der Waals surface area contributed by atoms with E-state index in [1.165, 1.54) is 0 Å². The van der Waals surface area contributed by atoms with E-state index in [9.17, 15) is 0 Å². The molecule has 8 rings (SSSR count). The van der Waals surface area contributed by atoms with E-state index >= 15 is 0 Å². The van der Waals surface area contributed by atoms with Gasteiger partial charge in [-0.05, 0) is 0 Å². The average molecular weight is 561 g/mol. The molecule has 2 N–H and O–H groups in total. The minimum atomic E-state index is 0.465. The van der Waals surface area contributed by atoms with Crippen LogP contribution in [0.1, 0.15) is 5.56 Å². The van der Waals surface area contributed by atoms with Gasteiger partial charge >= 0.3 is 205 Å². The number of fused-ring (bicyclic) bond motifs is 17. The molecule has 10 heteroatoms. The molecule has 6 aromatic rings. The summed E-state index contributed by atoms with van der Waals surface area (Å²) < 4.78 is 3.79. The summed E-state index contributed by atoms with van der Waals surface area (Å²) in [6, 6.07) is 27.1. The number of nitrogens with zero attached hydrogens (tertiary/aromatic N) is 7. The van der Waals surface area contributed by atoms with Crippen LogP contribution < -0.4 is 0 Å². The predicted octanol–water partition coefficient (Wildman–Crippen LogP) is 6.22. The molecule has 3 aromatic heterocycles. The number of aromatic nitrogens is 8. The SMILES string of the molecule is [Co]=[N]/C=C\c1[c-]c2nc3nc(nc4[nH]c(nc5nc(nc1[nH]2)-c1ccccc1-5)c1ccccc41)-c1ccccc1-3. The molecule has 8 bridgehead atoms. The third-order valence-corrected chi connectivity index (χ3v) is 6.98. The van der Waals surface area contributed by atoms with Gasteiger partial charge in [-0.15, -0.1) is 0 Å². The van der Waals surface area contributed by atoms with Gasteiger partial charge in [0.25, 0.3) is 0 Å². The molecular weight excluding hydrogens is 545 g/mol. The second kappa shape index (κ2) is 8.94. The summed E-state index contributed by atoms with van der Waals surface area (Å²) in [6.45, 7) is 0. The molecule has 0 saturated carbocycles. The molecular formula is C30H16CoN9-.